The van der Waals surface area contributed by atoms with Gasteiger partial charge < -0.3 is 0 Å². The maximum absolute atomic E-state index is 13.1. The standard InChI is InChI=1S/C13H17F3N2O4S2/c14-13(15,16)11-6-1-2-7-12(11)18-24(21,22)10-5-3-4-9(8-10)23(17,19)20/h3-5,8,11-12,18H,1-2,6-7H2,(H2,17,19,20)/t11-,12+/m0/s1. The first-order chi connectivity index (χ1) is 10.9. The van der Waals surface area contributed by atoms with Crippen molar-refractivity contribution in [2.24, 2.45) is 11.1 Å². The lowest BCUT2D eigenvalue weighted by Crippen LogP contribution is -2.47. The fraction of sp³-hybridized carbons (Fsp3) is 0.538. The Morgan fingerprint density at radius 3 is 2.21 bits per heavy atom. The van der Waals surface area contributed by atoms with Gasteiger partial charge in [0.25, 0.3) is 0 Å². The van der Waals surface area contributed by atoms with Crippen molar-refractivity contribution in [1.82, 2.24) is 4.72 Å². The molecule has 0 unspecified atom stereocenters. The molecule has 0 saturated heterocycles. The van der Waals surface area contributed by atoms with E-state index in [0.717, 1.165) is 24.3 Å². The minimum atomic E-state index is -4.50. The lowest BCUT2D eigenvalue weighted by Gasteiger charge is -2.33. The van der Waals surface area contributed by atoms with Crippen LogP contribution in [0.15, 0.2) is 34.1 Å². The summed E-state index contributed by atoms with van der Waals surface area (Å²) in [7, 11) is -8.43. The summed E-state index contributed by atoms with van der Waals surface area (Å²) in [5.74, 6) is -1.76. The quantitative estimate of drug-likeness (QED) is 0.822. The van der Waals surface area contributed by atoms with Crippen LogP contribution in [0.1, 0.15) is 25.7 Å². The zero-order valence-corrected chi connectivity index (χ0v) is 14.1. The van der Waals surface area contributed by atoms with E-state index >= 15 is 0 Å². The molecule has 11 heteroatoms. The number of sulfonamides is 2. The monoisotopic (exact) mass is 386 g/mol. The van der Waals surface area contributed by atoms with Gasteiger partial charge in [0, 0.05) is 6.04 Å². The topological polar surface area (TPSA) is 106 Å². The third-order valence-electron chi connectivity index (χ3n) is 3.94. The summed E-state index contributed by atoms with van der Waals surface area (Å²) in [6.07, 6.45) is -3.72. The van der Waals surface area contributed by atoms with Crippen LogP contribution in [0.2, 0.25) is 0 Å². The van der Waals surface area contributed by atoms with Crippen LogP contribution in [0.5, 0.6) is 0 Å². The highest BCUT2D eigenvalue weighted by atomic mass is 32.2. The van der Waals surface area contributed by atoms with E-state index in [4.69, 9.17) is 5.14 Å². The van der Waals surface area contributed by atoms with Crippen molar-refractivity contribution in [3.8, 4) is 0 Å². The van der Waals surface area contributed by atoms with E-state index < -0.39 is 48.0 Å². The van der Waals surface area contributed by atoms with Gasteiger partial charge in [-0.15, -0.1) is 0 Å². The van der Waals surface area contributed by atoms with Crippen molar-refractivity contribution in [3.63, 3.8) is 0 Å². The number of alkyl halides is 3. The number of hydrogen-bond donors (Lipinski definition) is 2. The molecule has 1 aliphatic carbocycles. The predicted octanol–water partition coefficient (Wildman–Crippen LogP) is 1.73. The molecular formula is C13H17F3N2O4S2. The van der Waals surface area contributed by atoms with E-state index in [0.29, 0.717) is 12.8 Å². The molecule has 0 amide bonds. The van der Waals surface area contributed by atoms with Crippen molar-refractivity contribution < 1.29 is 30.0 Å². The van der Waals surface area contributed by atoms with Gasteiger partial charge in [0.2, 0.25) is 20.0 Å². The Kier molecular flexibility index (Phi) is 5.28. The fourth-order valence-electron chi connectivity index (χ4n) is 2.75. The first kappa shape index (κ1) is 19.2. The Morgan fingerprint density at radius 1 is 1.04 bits per heavy atom. The molecule has 0 aliphatic heterocycles. The molecule has 1 saturated carbocycles. The summed E-state index contributed by atoms with van der Waals surface area (Å²) < 4.78 is 88.5. The Balaban J connectivity index is 2.31. The molecule has 3 N–H and O–H groups in total. The Labute approximate surface area is 138 Å². The molecule has 0 radical (unpaired) electrons. The average Bonchev–Trinajstić information content (AvgIpc) is 2.45. The third-order valence-corrected chi connectivity index (χ3v) is 6.34. The first-order valence-corrected chi connectivity index (χ1v) is 10.2. The summed E-state index contributed by atoms with van der Waals surface area (Å²) in [5, 5.41) is 4.94. The van der Waals surface area contributed by atoms with Gasteiger partial charge >= 0.3 is 6.18 Å². The molecule has 1 aliphatic rings. The summed E-state index contributed by atoms with van der Waals surface area (Å²) >= 11 is 0. The number of primary sulfonamides is 1. The second-order valence-corrected chi connectivity index (χ2v) is 8.96. The highest BCUT2D eigenvalue weighted by Gasteiger charge is 2.46. The van der Waals surface area contributed by atoms with Crippen LogP contribution in [0.25, 0.3) is 0 Å². The van der Waals surface area contributed by atoms with Crippen molar-refractivity contribution in [2.75, 3.05) is 0 Å². The molecular weight excluding hydrogens is 369 g/mol. The van der Waals surface area contributed by atoms with E-state index in [1.807, 2.05) is 0 Å². The lowest BCUT2D eigenvalue weighted by atomic mass is 9.85. The van der Waals surface area contributed by atoms with Gasteiger partial charge in [-0.05, 0) is 31.0 Å². The molecule has 1 aromatic carbocycles. The average molecular weight is 386 g/mol. The number of nitrogens with one attached hydrogen (secondary N) is 1. The Morgan fingerprint density at radius 2 is 1.62 bits per heavy atom. The summed E-state index contributed by atoms with van der Waals surface area (Å²) in [4.78, 5) is -0.873. The highest BCUT2D eigenvalue weighted by Crippen LogP contribution is 2.38. The molecule has 0 aromatic heterocycles. The number of nitrogens with two attached hydrogens (primary N) is 1. The zero-order chi connectivity index (χ0) is 18.2. The van der Waals surface area contributed by atoms with Crippen molar-refractivity contribution in [1.29, 1.82) is 0 Å². The molecule has 0 heterocycles. The zero-order valence-electron chi connectivity index (χ0n) is 12.5. The summed E-state index contributed by atoms with van der Waals surface area (Å²) in [5.41, 5.74) is 0. The second-order valence-electron chi connectivity index (χ2n) is 5.68. The predicted molar refractivity (Wildman–Crippen MR) is 79.9 cm³/mol. The van der Waals surface area contributed by atoms with Crippen LogP contribution in [-0.2, 0) is 20.0 Å². The SMILES string of the molecule is NS(=O)(=O)c1cccc(S(=O)(=O)N[C@@H]2CCCC[C@@H]2C(F)(F)F)c1. The number of benzene rings is 1. The van der Waals surface area contributed by atoms with E-state index in [2.05, 4.69) is 4.72 Å². The van der Waals surface area contributed by atoms with Gasteiger partial charge in [-0.2, -0.15) is 13.2 Å². The van der Waals surface area contributed by atoms with Crippen molar-refractivity contribution >= 4 is 20.0 Å². The maximum Gasteiger partial charge on any atom is 0.393 e. The van der Waals surface area contributed by atoms with Gasteiger partial charge in [0.05, 0.1) is 15.7 Å². The molecule has 0 spiro atoms. The largest absolute Gasteiger partial charge is 0.393 e. The Hall–Kier alpha value is -1.17. The van der Waals surface area contributed by atoms with Crippen molar-refractivity contribution in [2.45, 2.75) is 47.7 Å². The van der Waals surface area contributed by atoms with Crippen LogP contribution in [0.3, 0.4) is 0 Å². The molecule has 6 nitrogen and oxygen atoms in total. The van der Waals surface area contributed by atoms with Crippen LogP contribution >= 0.6 is 0 Å². The summed E-state index contributed by atoms with van der Waals surface area (Å²) in [6.45, 7) is 0. The molecule has 1 fully saturated rings. The third kappa shape index (κ3) is 4.47. The minimum Gasteiger partial charge on any atom is -0.225 e. The highest BCUT2D eigenvalue weighted by molar-refractivity contribution is 7.90. The number of rotatable bonds is 4. The van der Waals surface area contributed by atoms with Gasteiger partial charge in [-0.25, -0.2) is 26.7 Å². The van der Waals surface area contributed by atoms with E-state index in [1.165, 1.54) is 0 Å². The first-order valence-electron chi connectivity index (χ1n) is 7.13. The number of halogens is 3. The van der Waals surface area contributed by atoms with E-state index in [-0.39, 0.29) is 12.8 Å². The van der Waals surface area contributed by atoms with E-state index in [1.54, 1.807) is 0 Å². The van der Waals surface area contributed by atoms with Crippen LogP contribution in [0, 0.1) is 5.92 Å². The van der Waals surface area contributed by atoms with E-state index in [9.17, 15) is 30.0 Å². The summed E-state index contributed by atoms with van der Waals surface area (Å²) in [6, 6.07) is 2.91. The molecule has 2 rings (SSSR count). The molecule has 0 bridgehead atoms. The Bertz CT molecular complexity index is 807. The molecule has 1 aromatic rings. The second kappa shape index (κ2) is 6.62. The van der Waals surface area contributed by atoms with Gasteiger partial charge in [-0.1, -0.05) is 18.9 Å². The molecule has 24 heavy (non-hydrogen) atoms. The van der Waals surface area contributed by atoms with Gasteiger partial charge in [-0.3, -0.25) is 0 Å². The van der Waals surface area contributed by atoms with Crippen LogP contribution < -0.4 is 9.86 Å². The molecule has 2 atom stereocenters. The normalized spacial score (nSPS) is 23.2. The molecule has 136 valence electrons. The van der Waals surface area contributed by atoms with Crippen LogP contribution in [-0.4, -0.2) is 29.1 Å². The minimum absolute atomic E-state index is 0.0677. The van der Waals surface area contributed by atoms with Crippen LogP contribution in [0.4, 0.5) is 13.2 Å². The maximum atomic E-state index is 13.1. The van der Waals surface area contributed by atoms with Crippen molar-refractivity contribution in [3.05, 3.63) is 24.3 Å². The number of hydrogen-bond acceptors (Lipinski definition) is 4. The van der Waals surface area contributed by atoms with Gasteiger partial charge in [0.1, 0.15) is 0 Å². The fourth-order valence-corrected chi connectivity index (χ4v) is 4.74. The van der Waals surface area contributed by atoms with Gasteiger partial charge in [0.15, 0.2) is 0 Å². The lowest BCUT2D eigenvalue weighted by molar-refractivity contribution is -0.187. The smallest absolute Gasteiger partial charge is 0.225 e.